The van der Waals surface area contributed by atoms with Crippen molar-refractivity contribution in [2.75, 3.05) is 50.5 Å². The molecular weight excluding hydrogens is 446 g/mol. The molecule has 7 nitrogen and oxygen atoms in total. The molecule has 0 radical (unpaired) electrons. The summed E-state index contributed by atoms with van der Waals surface area (Å²) in [4.78, 5) is 22.5. The molecule has 0 atom stereocenters. The minimum atomic E-state index is -3.32. The van der Waals surface area contributed by atoms with Crippen LogP contribution in [0.1, 0.15) is 21.5 Å². The van der Waals surface area contributed by atoms with Crippen LogP contribution in [0.15, 0.2) is 41.3 Å². The highest BCUT2D eigenvalue weighted by molar-refractivity contribution is 7.90. The highest BCUT2D eigenvalue weighted by Crippen LogP contribution is 2.31. The van der Waals surface area contributed by atoms with Crippen molar-refractivity contribution in [1.29, 1.82) is 0 Å². The SMILES string of the molecule is Cc1cc(C)cc(C(=O)N(CCN2CCOCC2)c2nc3ccc(S(C)(=O)=O)cc3s2)c1. The van der Waals surface area contributed by atoms with Crippen LogP contribution in [0.2, 0.25) is 0 Å². The smallest absolute Gasteiger partial charge is 0.260 e. The molecule has 4 rings (SSSR count). The molecular formula is C23H27N3O4S2. The summed E-state index contributed by atoms with van der Waals surface area (Å²) in [7, 11) is -3.32. The number of anilines is 1. The first-order valence-electron chi connectivity index (χ1n) is 10.5. The van der Waals surface area contributed by atoms with Gasteiger partial charge in [-0.25, -0.2) is 13.4 Å². The van der Waals surface area contributed by atoms with Crippen LogP contribution in [-0.2, 0) is 14.6 Å². The summed E-state index contributed by atoms with van der Waals surface area (Å²) in [5.41, 5.74) is 3.37. The number of hydrogen-bond acceptors (Lipinski definition) is 7. The number of benzene rings is 2. The first-order valence-corrected chi connectivity index (χ1v) is 13.2. The van der Waals surface area contributed by atoms with E-state index in [9.17, 15) is 13.2 Å². The Balaban J connectivity index is 1.69. The van der Waals surface area contributed by atoms with Gasteiger partial charge in [-0.2, -0.15) is 0 Å². The molecule has 1 aromatic heterocycles. The predicted molar refractivity (Wildman–Crippen MR) is 128 cm³/mol. The number of aryl methyl sites for hydroxylation is 2. The van der Waals surface area contributed by atoms with Gasteiger partial charge in [0.25, 0.3) is 5.91 Å². The Hall–Kier alpha value is -2.33. The van der Waals surface area contributed by atoms with Gasteiger partial charge < -0.3 is 4.74 Å². The Labute approximate surface area is 192 Å². The number of nitrogens with zero attached hydrogens (tertiary/aromatic N) is 3. The number of carbonyl (C=O) groups is 1. The molecule has 170 valence electrons. The van der Waals surface area contributed by atoms with Gasteiger partial charge in [0.15, 0.2) is 15.0 Å². The third-order valence-corrected chi connectivity index (χ3v) is 7.62. The lowest BCUT2D eigenvalue weighted by Gasteiger charge is -2.29. The quantitative estimate of drug-likeness (QED) is 0.547. The molecule has 0 aliphatic carbocycles. The standard InChI is InChI=1S/C23H27N3O4S2/c1-16-12-17(2)14-18(13-16)22(27)26(7-6-25-8-10-30-11-9-25)23-24-20-5-4-19(32(3,28)29)15-21(20)31-23/h4-5,12-15H,6-11H2,1-3H3. The first kappa shape index (κ1) is 22.8. The van der Waals surface area contributed by atoms with E-state index in [0.717, 1.165) is 28.9 Å². The largest absolute Gasteiger partial charge is 0.379 e. The number of fused-ring (bicyclic) bond motifs is 1. The van der Waals surface area contributed by atoms with Gasteiger partial charge in [-0.05, 0) is 44.2 Å². The van der Waals surface area contributed by atoms with Crippen molar-refractivity contribution >= 4 is 42.4 Å². The Kier molecular flexibility index (Phi) is 6.62. The Bertz CT molecular complexity index is 1230. The number of sulfone groups is 1. The number of rotatable bonds is 6. The molecule has 1 amide bonds. The molecule has 1 fully saturated rings. The molecule has 1 saturated heterocycles. The van der Waals surface area contributed by atoms with Gasteiger partial charge in [-0.3, -0.25) is 14.6 Å². The van der Waals surface area contributed by atoms with Gasteiger partial charge in [0, 0.05) is 38.0 Å². The van der Waals surface area contributed by atoms with Gasteiger partial charge in [-0.15, -0.1) is 0 Å². The molecule has 0 bridgehead atoms. The molecule has 2 heterocycles. The molecule has 0 saturated carbocycles. The van der Waals surface area contributed by atoms with E-state index in [-0.39, 0.29) is 10.8 Å². The highest BCUT2D eigenvalue weighted by Gasteiger charge is 2.23. The fraction of sp³-hybridized carbons (Fsp3) is 0.391. The zero-order valence-electron chi connectivity index (χ0n) is 18.5. The van der Waals surface area contributed by atoms with E-state index in [0.29, 0.717) is 42.5 Å². The zero-order chi connectivity index (χ0) is 22.9. The van der Waals surface area contributed by atoms with E-state index in [1.807, 2.05) is 32.0 Å². The topological polar surface area (TPSA) is 79.8 Å². The molecule has 9 heteroatoms. The van der Waals surface area contributed by atoms with Gasteiger partial charge in [0.05, 0.1) is 28.3 Å². The minimum Gasteiger partial charge on any atom is -0.379 e. The van der Waals surface area contributed by atoms with E-state index >= 15 is 0 Å². The maximum atomic E-state index is 13.6. The molecule has 1 aliphatic heterocycles. The average Bonchev–Trinajstić information content (AvgIpc) is 3.16. The lowest BCUT2D eigenvalue weighted by atomic mass is 10.1. The van der Waals surface area contributed by atoms with Crippen LogP contribution in [0.25, 0.3) is 10.2 Å². The summed E-state index contributed by atoms with van der Waals surface area (Å²) in [6.45, 7) is 8.22. The van der Waals surface area contributed by atoms with Gasteiger partial charge >= 0.3 is 0 Å². The Morgan fingerprint density at radius 3 is 2.47 bits per heavy atom. The Morgan fingerprint density at radius 1 is 1.12 bits per heavy atom. The fourth-order valence-electron chi connectivity index (χ4n) is 3.84. The average molecular weight is 474 g/mol. The molecule has 0 N–H and O–H groups in total. The van der Waals surface area contributed by atoms with Gasteiger partial charge in [0.1, 0.15) is 0 Å². The second-order valence-corrected chi connectivity index (χ2v) is 11.2. The van der Waals surface area contributed by atoms with Crippen molar-refractivity contribution in [1.82, 2.24) is 9.88 Å². The van der Waals surface area contributed by atoms with Crippen LogP contribution in [-0.4, -0.2) is 69.9 Å². The summed E-state index contributed by atoms with van der Waals surface area (Å²) >= 11 is 1.34. The van der Waals surface area contributed by atoms with E-state index < -0.39 is 9.84 Å². The van der Waals surface area contributed by atoms with E-state index in [1.165, 1.54) is 17.6 Å². The second-order valence-electron chi connectivity index (χ2n) is 8.19. The summed E-state index contributed by atoms with van der Waals surface area (Å²) in [5.74, 6) is -0.104. The number of aromatic nitrogens is 1. The van der Waals surface area contributed by atoms with Crippen molar-refractivity contribution in [3.8, 4) is 0 Å². The van der Waals surface area contributed by atoms with Crippen molar-refractivity contribution < 1.29 is 17.9 Å². The highest BCUT2D eigenvalue weighted by atomic mass is 32.2. The first-order chi connectivity index (χ1) is 15.2. The minimum absolute atomic E-state index is 0.104. The summed E-state index contributed by atoms with van der Waals surface area (Å²) in [5, 5.41) is 0.572. The number of carbonyl (C=O) groups excluding carboxylic acids is 1. The van der Waals surface area contributed by atoms with Crippen LogP contribution >= 0.6 is 11.3 Å². The van der Waals surface area contributed by atoms with Crippen LogP contribution in [0, 0.1) is 13.8 Å². The lowest BCUT2D eigenvalue weighted by molar-refractivity contribution is 0.0391. The molecule has 1 aliphatic rings. The van der Waals surface area contributed by atoms with Gasteiger partial charge in [-0.1, -0.05) is 28.5 Å². The normalized spacial score (nSPS) is 15.2. The monoisotopic (exact) mass is 473 g/mol. The maximum absolute atomic E-state index is 13.6. The number of thiazole rings is 1. The van der Waals surface area contributed by atoms with E-state index in [4.69, 9.17) is 4.74 Å². The van der Waals surface area contributed by atoms with Gasteiger partial charge in [0.2, 0.25) is 0 Å². The summed E-state index contributed by atoms with van der Waals surface area (Å²) in [6, 6.07) is 10.7. The lowest BCUT2D eigenvalue weighted by Crippen LogP contribution is -2.43. The number of amides is 1. The van der Waals surface area contributed by atoms with Crippen molar-refractivity contribution in [2.45, 2.75) is 18.7 Å². The Morgan fingerprint density at radius 2 is 1.81 bits per heavy atom. The molecule has 0 unspecified atom stereocenters. The third-order valence-electron chi connectivity index (χ3n) is 5.46. The predicted octanol–water partition coefficient (Wildman–Crippen LogP) is 3.30. The fourth-order valence-corrected chi connectivity index (χ4v) is 5.59. The van der Waals surface area contributed by atoms with Crippen molar-refractivity contribution in [2.24, 2.45) is 0 Å². The molecule has 32 heavy (non-hydrogen) atoms. The van der Waals surface area contributed by atoms with Crippen LogP contribution in [0.4, 0.5) is 5.13 Å². The molecule has 2 aromatic carbocycles. The van der Waals surface area contributed by atoms with Crippen LogP contribution in [0.3, 0.4) is 0 Å². The maximum Gasteiger partial charge on any atom is 0.260 e. The van der Waals surface area contributed by atoms with Crippen LogP contribution in [0.5, 0.6) is 0 Å². The van der Waals surface area contributed by atoms with E-state index in [2.05, 4.69) is 9.88 Å². The van der Waals surface area contributed by atoms with Crippen LogP contribution < -0.4 is 4.90 Å². The molecule has 0 spiro atoms. The number of ether oxygens (including phenoxy) is 1. The molecule has 3 aromatic rings. The second kappa shape index (κ2) is 9.27. The van der Waals surface area contributed by atoms with Crippen molar-refractivity contribution in [3.05, 3.63) is 53.1 Å². The summed E-state index contributed by atoms with van der Waals surface area (Å²) < 4.78 is 30.1. The number of hydrogen-bond donors (Lipinski definition) is 0. The van der Waals surface area contributed by atoms with E-state index in [1.54, 1.807) is 23.1 Å². The van der Waals surface area contributed by atoms with Crippen molar-refractivity contribution in [3.63, 3.8) is 0 Å². The summed E-state index contributed by atoms with van der Waals surface area (Å²) in [6.07, 6.45) is 1.19. The number of morpholine rings is 1. The zero-order valence-corrected chi connectivity index (χ0v) is 20.1. The third kappa shape index (κ3) is 5.17.